The minimum atomic E-state index is -4.18. The van der Waals surface area contributed by atoms with Gasteiger partial charge in [0, 0.05) is 5.92 Å². The molecule has 0 bridgehead atoms. The maximum atomic E-state index is 13.5. The first kappa shape index (κ1) is 30.2. The van der Waals surface area contributed by atoms with E-state index in [0.717, 1.165) is 0 Å². The number of thiol groups is 2. The number of nitrogen functional groups attached to an aromatic ring is 2. The van der Waals surface area contributed by atoms with Crippen LogP contribution in [-0.2, 0) is 36.7 Å². The number of nitrogens with zero attached hydrogens (tertiary/aromatic N) is 8. The molecule has 5 N–H and O–H groups in total. The molecule has 0 unspecified atom stereocenters. The molecule has 0 spiro atoms. The molecule has 10 atom stereocenters. The van der Waals surface area contributed by atoms with Crippen LogP contribution in [0.5, 0.6) is 0 Å². The van der Waals surface area contributed by atoms with Crippen molar-refractivity contribution in [2.45, 2.75) is 49.9 Å². The van der Waals surface area contributed by atoms with Crippen LogP contribution in [-0.4, -0.2) is 87.9 Å². The molecule has 3 saturated heterocycles. The molecule has 0 amide bonds. The monoisotopic (exact) mass is 688 g/mol. The second-order valence-corrected chi connectivity index (χ2v) is 16.1. The zero-order valence-corrected chi connectivity index (χ0v) is 26.2. The van der Waals surface area contributed by atoms with E-state index in [1.807, 2.05) is 0 Å². The zero-order valence-electron chi connectivity index (χ0n) is 22.6. The fourth-order valence-corrected chi connectivity index (χ4v) is 8.58. The van der Waals surface area contributed by atoms with Crippen LogP contribution in [0.3, 0.4) is 0 Å². The van der Waals surface area contributed by atoms with Crippen LogP contribution < -0.4 is 11.5 Å². The van der Waals surface area contributed by atoms with Gasteiger partial charge in [-0.3, -0.25) is 27.2 Å². The Kier molecular flexibility index (Phi) is 7.65. The molecular formula is C21H26N10O9P2S2. The largest absolute Gasteiger partial charge is 0.386 e. The summed E-state index contributed by atoms with van der Waals surface area (Å²) in [6.07, 6.45) is -2.37. The molecule has 0 saturated carbocycles. The molecule has 3 aliphatic heterocycles. The van der Waals surface area contributed by atoms with Gasteiger partial charge in [-0.25, -0.2) is 39.0 Å². The highest BCUT2D eigenvalue weighted by molar-refractivity contribution is 8.44. The van der Waals surface area contributed by atoms with E-state index < -0.39 is 69.1 Å². The molecule has 236 valence electrons. The topological polar surface area (TPSA) is 249 Å². The lowest BCUT2D eigenvalue weighted by molar-refractivity contribution is -0.0554. The number of aromatic nitrogens is 8. The van der Waals surface area contributed by atoms with Crippen LogP contribution in [0.4, 0.5) is 11.6 Å². The number of imidazole rings is 2. The van der Waals surface area contributed by atoms with E-state index in [1.165, 1.54) is 29.9 Å². The van der Waals surface area contributed by atoms with Gasteiger partial charge in [0.25, 0.3) is 0 Å². The Balaban J connectivity index is 1.17. The van der Waals surface area contributed by atoms with E-state index in [0.29, 0.717) is 11.2 Å². The molecule has 23 heteroatoms. The second-order valence-electron chi connectivity index (χ2n) is 10.3. The smallest absolute Gasteiger partial charge is 0.386 e. The highest BCUT2D eigenvalue weighted by Gasteiger charge is 2.52. The van der Waals surface area contributed by atoms with E-state index in [1.54, 1.807) is 11.5 Å². The highest BCUT2D eigenvalue weighted by atomic mass is 32.7. The molecule has 7 rings (SSSR count). The summed E-state index contributed by atoms with van der Waals surface area (Å²) in [4.78, 5) is 24.7. The van der Waals surface area contributed by atoms with Crippen molar-refractivity contribution in [2.24, 2.45) is 5.92 Å². The van der Waals surface area contributed by atoms with Crippen LogP contribution in [0.1, 0.15) is 19.4 Å². The van der Waals surface area contributed by atoms with E-state index in [-0.39, 0.29) is 29.4 Å². The van der Waals surface area contributed by atoms with E-state index in [2.05, 4.69) is 54.4 Å². The molecule has 0 radical (unpaired) electrons. The quantitative estimate of drug-likeness (QED) is 0.148. The fraction of sp³-hybridized carbons (Fsp3) is 0.524. The van der Waals surface area contributed by atoms with Crippen molar-refractivity contribution in [1.82, 2.24) is 39.0 Å². The number of aliphatic hydroxyl groups is 1. The van der Waals surface area contributed by atoms with Crippen LogP contribution in [0.2, 0.25) is 0 Å². The SMILES string of the molecule is C[C@@H]1[C@@H]2O[P@@](=O)(S)OC[C@H]3O[C@@H](n4cnc5c(N)ncnc54)[C@H](O)[C@@H]3O[P@](=O)(S)OC[C@H]2O[C@H]1n1cnc2c(N)ncnc21. The first-order valence-electron chi connectivity index (χ1n) is 13.1. The van der Waals surface area contributed by atoms with Gasteiger partial charge in [-0.2, -0.15) is 0 Å². The maximum absolute atomic E-state index is 13.5. The summed E-state index contributed by atoms with van der Waals surface area (Å²) < 4.78 is 65.1. The lowest BCUT2D eigenvalue weighted by atomic mass is 10.0. The van der Waals surface area contributed by atoms with Gasteiger partial charge >= 0.3 is 13.6 Å². The molecule has 4 aromatic heterocycles. The minimum Gasteiger partial charge on any atom is -0.386 e. The molecular weight excluding hydrogens is 662 g/mol. The Morgan fingerprint density at radius 1 is 0.795 bits per heavy atom. The van der Waals surface area contributed by atoms with Gasteiger partial charge in [-0.15, -0.1) is 0 Å². The number of hydrogen-bond acceptors (Lipinski definition) is 17. The second kappa shape index (κ2) is 11.1. The van der Waals surface area contributed by atoms with Crippen LogP contribution in [0.15, 0.2) is 25.3 Å². The Morgan fingerprint density at radius 2 is 1.27 bits per heavy atom. The van der Waals surface area contributed by atoms with Crippen molar-refractivity contribution < 1.29 is 41.8 Å². The standard InChI is InChI=1S/C21H26N10O9P2S2/c1-8-14-9(37-20(8)30-6-28-11-16(22)24-4-26-18(11)30)2-35-42(34,44)40-15-10(3-36-41(33,43)39-14)38-21(13(15)32)31-7-29-12-17(23)25-5-27-19(12)31/h4-10,13-15,20-21,32H,2-3H2,1H3,(H,33,43)(H,34,44)(H2,22,24,26)(H2,23,25,27)/t8-,9-,10-,13-,14+,15-,20-,21-,41+,42-/m1/s1. The van der Waals surface area contributed by atoms with Gasteiger partial charge in [-0.1, -0.05) is 31.4 Å². The predicted molar refractivity (Wildman–Crippen MR) is 157 cm³/mol. The molecule has 19 nitrogen and oxygen atoms in total. The Labute approximate surface area is 258 Å². The highest BCUT2D eigenvalue weighted by Crippen LogP contribution is 2.60. The van der Waals surface area contributed by atoms with Gasteiger partial charge in [-0.05, 0) is 0 Å². The first-order valence-corrected chi connectivity index (χ1v) is 18.5. The van der Waals surface area contributed by atoms with Crippen molar-refractivity contribution in [3.63, 3.8) is 0 Å². The summed E-state index contributed by atoms with van der Waals surface area (Å²) in [6.45, 7) is -7.33. The molecule has 0 aliphatic carbocycles. The van der Waals surface area contributed by atoms with Crippen LogP contribution >= 0.6 is 38.1 Å². The van der Waals surface area contributed by atoms with Gasteiger partial charge in [0.15, 0.2) is 29.2 Å². The molecule has 3 aliphatic rings. The molecule has 7 heterocycles. The summed E-state index contributed by atoms with van der Waals surface area (Å²) in [7, 11) is 0. The number of aliphatic hydroxyl groups excluding tert-OH is 1. The first-order chi connectivity index (χ1) is 20.9. The van der Waals surface area contributed by atoms with Crippen molar-refractivity contribution in [2.75, 3.05) is 24.7 Å². The van der Waals surface area contributed by atoms with Crippen LogP contribution in [0, 0.1) is 5.92 Å². The van der Waals surface area contributed by atoms with Gasteiger partial charge in [0.1, 0.15) is 60.4 Å². The molecule has 3 fully saturated rings. The predicted octanol–water partition coefficient (Wildman–Crippen LogP) is 1.52. The van der Waals surface area contributed by atoms with E-state index >= 15 is 0 Å². The van der Waals surface area contributed by atoms with Gasteiger partial charge in [0.05, 0.1) is 25.9 Å². The Hall–Kier alpha value is -2.42. The third kappa shape index (κ3) is 5.28. The Bertz CT molecular complexity index is 1700. The van der Waals surface area contributed by atoms with Crippen LogP contribution in [0.25, 0.3) is 22.3 Å². The van der Waals surface area contributed by atoms with Crippen molar-refractivity contribution in [3.05, 3.63) is 25.3 Å². The number of fused-ring (bicyclic) bond motifs is 4. The van der Waals surface area contributed by atoms with Gasteiger partial charge < -0.3 is 26.0 Å². The summed E-state index contributed by atoms with van der Waals surface area (Å²) in [5, 5.41) is 11.3. The fourth-order valence-electron chi connectivity index (χ4n) is 5.53. The van der Waals surface area contributed by atoms with E-state index in [4.69, 9.17) is 39.0 Å². The number of hydrogen-bond donors (Lipinski definition) is 5. The third-order valence-electron chi connectivity index (χ3n) is 7.59. The molecule has 0 aromatic carbocycles. The van der Waals surface area contributed by atoms with Crippen molar-refractivity contribution in [1.29, 1.82) is 0 Å². The Morgan fingerprint density at radius 3 is 1.84 bits per heavy atom. The zero-order chi connectivity index (χ0) is 31.0. The van der Waals surface area contributed by atoms with Gasteiger partial charge in [0.2, 0.25) is 0 Å². The lowest BCUT2D eigenvalue weighted by Crippen LogP contribution is -2.37. The maximum Gasteiger partial charge on any atom is 0.386 e. The average molecular weight is 689 g/mol. The number of anilines is 2. The normalized spacial score (nSPS) is 38.3. The number of ether oxygens (including phenoxy) is 2. The third-order valence-corrected chi connectivity index (χ3v) is 10.8. The molecule has 44 heavy (non-hydrogen) atoms. The summed E-state index contributed by atoms with van der Waals surface area (Å²) in [6, 6.07) is 0. The van der Waals surface area contributed by atoms with E-state index in [9.17, 15) is 14.2 Å². The van der Waals surface area contributed by atoms with Crippen molar-refractivity contribution in [3.8, 4) is 0 Å². The number of nitrogens with two attached hydrogens (primary N) is 2. The number of rotatable bonds is 2. The summed E-state index contributed by atoms with van der Waals surface area (Å²) >= 11 is 8.33. The lowest BCUT2D eigenvalue weighted by Gasteiger charge is -2.29. The molecule has 4 aromatic rings. The summed E-state index contributed by atoms with van der Waals surface area (Å²) in [5.41, 5.74) is 13.1. The average Bonchev–Trinajstić information content (AvgIpc) is 3.73. The van der Waals surface area contributed by atoms with Crippen molar-refractivity contribution >= 4 is 72.1 Å². The summed E-state index contributed by atoms with van der Waals surface area (Å²) in [5.74, 6) is -0.200. The minimum absolute atomic E-state index is 0.122.